The Labute approximate surface area is 103 Å². The average molecular weight is 235 g/mol. The first-order valence-corrected chi connectivity index (χ1v) is 6.08. The smallest absolute Gasteiger partial charge is 0.224 e. The fraction of sp³-hybridized carbons (Fsp3) is 0.500. The van der Waals surface area contributed by atoms with Crippen LogP contribution in [0.5, 0.6) is 5.75 Å². The predicted molar refractivity (Wildman–Crippen MR) is 69.2 cm³/mol. The molecule has 0 fully saturated rings. The van der Waals surface area contributed by atoms with Gasteiger partial charge in [0.2, 0.25) is 5.91 Å². The third-order valence-electron chi connectivity index (χ3n) is 2.67. The maximum Gasteiger partial charge on any atom is 0.224 e. The van der Waals surface area contributed by atoms with Crippen LogP contribution in [0.15, 0.2) is 24.3 Å². The molecule has 0 saturated heterocycles. The van der Waals surface area contributed by atoms with Crippen LogP contribution in [0, 0.1) is 0 Å². The second-order valence-electron chi connectivity index (χ2n) is 4.25. The molecule has 1 amide bonds. The summed E-state index contributed by atoms with van der Waals surface area (Å²) in [6.07, 6.45) is 2.46. The van der Waals surface area contributed by atoms with Crippen LogP contribution in [0.4, 0.5) is 0 Å². The summed E-state index contributed by atoms with van der Waals surface area (Å²) in [7, 11) is 1.62. The number of nitrogens with one attached hydrogen (secondary N) is 1. The van der Waals surface area contributed by atoms with Crippen molar-refractivity contribution in [3.8, 4) is 5.75 Å². The van der Waals surface area contributed by atoms with Crippen LogP contribution >= 0.6 is 0 Å². The number of rotatable bonds is 6. The first-order valence-electron chi connectivity index (χ1n) is 6.08. The SMILES string of the molecule is CCCC(C)NC(=O)Cc1ccccc1OC. The summed E-state index contributed by atoms with van der Waals surface area (Å²) in [6, 6.07) is 7.85. The molecule has 0 aliphatic rings. The Morgan fingerprint density at radius 2 is 2.12 bits per heavy atom. The maximum absolute atomic E-state index is 11.8. The molecule has 0 aliphatic heterocycles. The van der Waals surface area contributed by atoms with E-state index >= 15 is 0 Å². The number of methoxy groups -OCH3 is 1. The highest BCUT2D eigenvalue weighted by Crippen LogP contribution is 2.17. The van der Waals surface area contributed by atoms with E-state index in [0.717, 1.165) is 24.2 Å². The van der Waals surface area contributed by atoms with Crippen molar-refractivity contribution in [3.63, 3.8) is 0 Å². The van der Waals surface area contributed by atoms with Crippen molar-refractivity contribution in [2.45, 2.75) is 39.2 Å². The van der Waals surface area contributed by atoms with E-state index in [9.17, 15) is 4.79 Å². The zero-order valence-electron chi connectivity index (χ0n) is 10.8. The van der Waals surface area contributed by atoms with Gasteiger partial charge in [0.1, 0.15) is 5.75 Å². The van der Waals surface area contributed by atoms with Gasteiger partial charge in [-0.25, -0.2) is 0 Å². The lowest BCUT2D eigenvalue weighted by Gasteiger charge is -2.13. The molecular weight excluding hydrogens is 214 g/mol. The molecule has 1 rings (SSSR count). The standard InChI is InChI=1S/C14H21NO2/c1-4-7-11(2)15-14(16)10-12-8-5-6-9-13(12)17-3/h5-6,8-9,11H,4,7,10H2,1-3H3,(H,15,16). The van der Waals surface area contributed by atoms with Crippen LogP contribution in [0.2, 0.25) is 0 Å². The quantitative estimate of drug-likeness (QED) is 0.823. The third kappa shape index (κ3) is 4.47. The van der Waals surface area contributed by atoms with Crippen molar-refractivity contribution < 1.29 is 9.53 Å². The van der Waals surface area contributed by atoms with Gasteiger partial charge in [-0.2, -0.15) is 0 Å². The van der Waals surface area contributed by atoms with Crippen molar-refractivity contribution in [1.82, 2.24) is 5.32 Å². The molecule has 3 heteroatoms. The summed E-state index contributed by atoms with van der Waals surface area (Å²) in [5, 5.41) is 2.99. The zero-order chi connectivity index (χ0) is 12.7. The van der Waals surface area contributed by atoms with E-state index in [-0.39, 0.29) is 11.9 Å². The highest BCUT2D eigenvalue weighted by Gasteiger charge is 2.10. The molecule has 1 aromatic rings. The van der Waals surface area contributed by atoms with E-state index in [1.807, 2.05) is 31.2 Å². The Kier molecular flexibility index (Phi) is 5.53. The molecular formula is C14H21NO2. The van der Waals surface area contributed by atoms with Crippen molar-refractivity contribution in [3.05, 3.63) is 29.8 Å². The molecule has 94 valence electrons. The number of carbonyl (C=O) groups excluding carboxylic acids is 1. The normalized spacial score (nSPS) is 11.9. The molecule has 1 aromatic carbocycles. The van der Waals surface area contributed by atoms with E-state index in [4.69, 9.17) is 4.74 Å². The Hall–Kier alpha value is -1.51. The minimum absolute atomic E-state index is 0.0513. The number of benzene rings is 1. The van der Waals surface area contributed by atoms with Crippen molar-refractivity contribution in [1.29, 1.82) is 0 Å². The van der Waals surface area contributed by atoms with E-state index in [2.05, 4.69) is 12.2 Å². The second kappa shape index (κ2) is 6.94. The number of ether oxygens (including phenoxy) is 1. The van der Waals surface area contributed by atoms with Gasteiger partial charge in [-0.1, -0.05) is 31.5 Å². The Morgan fingerprint density at radius 3 is 2.76 bits per heavy atom. The van der Waals surface area contributed by atoms with Gasteiger partial charge in [0.25, 0.3) is 0 Å². The number of hydrogen-bond donors (Lipinski definition) is 1. The number of hydrogen-bond acceptors (Lipinski definition) is 2. The van der Waals surface area contributed by atoms with Crippen molar-refractivity contribution in [2.24, 2.45) is 0 Å². The van der Waals surface area contributed by atoms with Crippen LogP contribution < -0.4 is 10.1 Å². The zero-order valence-corrected chi connectivity index (χ0v) is 10.8. The molecule has 1 unspecified atom stereocenters. The minimum Gasteiger partial charge on any atom is -0.496 e. The lowest BCUT2D eigenvalue weighted by atomic mass is 10.1. The van der Waals surface area contributed by atoms with Crippen LogP contribution in [0.3, 0.4) is 0 Å². The number of amides is 1. The van der Waals surface area contributed by atoms with Crippen LogP contribution in [-0.4, -0.2) is 19.1 Å². The van der Waals surface area contributed by atoms with Gasteiger partial charge in [0.05, 0.1) is 13.5 Å². The predicted octanol–water partition coefficient (Wildman–Crippen LogP) is 2.54. The minimum atomic E-state index is 0.0513. The summed E-state index contributed by atoms with van der Waals surface area (Å²) in [5.74, 6) is 0.821. The molecule has 0 radical (unpaired) electrons. The van der Waals surface area contributed by atoms with Gasteiger partial charge in [0.15, 0.2) is 0 Å². The summed E-state index contributed by atoms with van der Waals surface area (Å²) in [6.45, 7) is 4.15. The summed E-state index contributed by atoms with van der Waals surface area (Å²) < 4.78 is 5.22. The molecule has 1 N–H and O–H groups in total. The van der Waals surface area contributed by atoms with Gasteiger partial charge >= 0.3 is 0 Å². The molecule has 3 nitrogen and oxygen atoms in total. The van der Waals surface area contributed by atoms with Crippen LogP contribution in [0.1, 0.15) is 32.3 Å². The highest BCUT2D eigenvalue weighted by molar-refractivity contribution is 5.79. The maximum atomic E-state index is 11.8. The summed E-state index contributed by atoms with van der Waals surface area (Å²) in [4.78, 5) is 11.8. The topological polar surface area (TPSA) is 38.3 Å². The molecule has 0 heterocycles. The molecule has 1 atom stereocenters. The van der Waals surface area contributed by atoms with Gasteiger partial charge in [-0.05, 0) is 19.4 Å². The first-order chi connectivity index (χ1) is 8.17. The average Bonchev–Trinajstić information content (AvgIpc) is 2.29. The summed E-state index contributed by atoms with van der Waals surface area (Å²) in [5.41, 5.74) is 0.927. The summed E-state index contributed by atoms with van der Waals surface area (Å²) >= 11 is 0. The van der Waals surface area contributed by atoms with E-state index in [0.29, 0.717) is 6.42 Å². The van der Waals surface area contributed by atoms with Crippen LogP contribution in [-0.2, 0) is 11.2 Å². The van der Waals surface area contributed by atoms with Crippen molar-refractivity contribution in [2.75, 3.05) is 7.11 Å². The molecule has 0 aromatic heterocycles. The van der Waals surface area contributed by atoms with Crippen LogP contribution in [0.25, 0.3) is 0 Å². The fourth-order valence-corrected chi connectivity index (χ4v) is 1.85. The van der Waals surface area contributed by atoms with Gasteiger partial charge in [-0.3, -0.25) is 4.79 Å². The number of carbonyl (C=O) groups is 1. The third-order valence-corrected chi connectivity index (χ3v) is 2.67. The van der Waals surface area contributed by atoms with E-state index < -0.39 is 0 Å². The van der Waals surface area contributed by atoms with Gasteiger partial charge in [-0.15, -0.1) is 0 Å². The Morgan fingerprint density at radius 1 is 1.41 bits per heavy atom. The monoisotopic (exact) mass is 235 g/mol. The Balaban J connectivity index is 2.55. The van der Waals surface area contributed by atoms with E-state index in [1.54, 1.807) is 7.11 Å². The van der Waals surface area contributed by atoms with Gasteiger partial charge in [0, 0.05) is 11.6 Å². The lowest BCUT2D eigenvalue weighted by molar-refractivity contribution is -0.121. The lowest BCUT2D eigenvalue weighted by Crippen LogP contribution is -2.33. The first kappa shape index (κ1) is 13.6. The Bertz CT molecular complexity index is 363. The second-order valence-corrected chi connectivity index (χ2v) is 4.25. The van der Waals surface area contributed by atoms with Crippen molar-refractivity contribution >= 4 is 5.91 Å². The largest absolute Gasteiger partial charge is 0.496 e. The molecule has 0 bridgehead atoms. The number of para-hydroxylation sites is 1. The molecule has 0 aliphatic carbocycles. The molecule has 0 saturated carbocycles. The molecule has 17 heavy (non-hydrogen) atoms. The fourth-order valence-electron chi connectivity index (χ4n) is 1.85. The molecule has 0 spiro atoms. The van der Waals surface area contributed by atoms with E-state index in [1.165, 1.54) is 0 Å². The van der Waals surface area contributed by atoms with Gasteiger partial charge < -0.3 is 10.1 Å². The highest BCUT2D eigenvalue weighted by atomic mass is 16.5.